The molecule has 0 saturated carbocycles. The van der Waals surface area contributed by atoms with E-state index in [1.165, 1.54) is 12.1 Å². The molecule has 0 bridgehead atoms. The number of hydrogen-bond acceptors (Lipinski definition) is 4. The van der Waals surface area contributed by atoms with Gasteiger partial charge in [0.05, 0.1) is 0 Å². The summed E-state index contributed by atoms with van der Waals surface area (Å²) in [6.07, 6.45) is 2.13. The van der Waals surface area contributed by atoms with Gasteiger partial charge in [-0.2, -0.15) is 0 Å². The molecule has 0 unspecified atom stereocenters. The summed E-state index contributed by atoms with van der Waals surface area (Å²) < 4.78 is 13.3. The van der Waals surface area contributed by atoms with Gasteiger partial charge in [0.1, 0.15) is 23.3 Å². The second-order valence-electron chi connectivity index (χ2n) is 5.28. The van der Waals surface area contributed by atoms with Crippen molar-refractivity contribution >= 4 is 17.3 Å². The summed E-state index contributed by atoms with van der Waals surface area (Å²) in [5.74, 6) is 2.03. The lowest BCUT2D eigenvalue weighted by molar-refractivity contribution is 0.628. The number of nitrogens with one attached hydrogen (secondary N) is 1. The minimum absolute atomic E-state index is 0.269. The Morgan fingerprint density at radius 3 is 2.45 bits per heavy atom. The molecule has 1 aromatic carbocycles. The highest BCUT2D eigenvalue weighted by molar-refractivity contribution is 5.59. The summed E-state index contributed by atoms with van der Waals surface area (Å²) in [6, 6.07) is 8.28. The third-order valence-electron chi connectivity index (χ3n) is 3.23. The van der Waals surface area contributed by atoms with Crippen LogP contribution in [-0.2, 0) is 0 Å². The molecule has 0 amide bonds. The van der Waals surface area contributed by atoms with Crippen LogP contribution in [0.3, 0.4) is 0 Å². The average Bonchev–Trinajstić information content (AvgIpc) is 2.46. The highest BCUT2D eigenvalue weighted by Gasteiger charge is 2.09. The van der Waals surface area contributed by atoms with E-state index in [4.69, 9.17) is 0 Å². The summed E-state index contributed by atoms with van der Waals surface area (Å²) in [4.78, 5) is 11.2. The van der Waals surface area contributed by atoms with Crippen LogP contribution in [0.4, 0.5) is 21.7 Å². The van der Waals surface area contributed by atoms with E-state index in [1.54, 1.807) is 6.07 Å². The molecule has 0 radical (unpaired) electrons. The van der Waals surface area contributed by atoms with Crippen molar-refractivity contribution in [3.05, 3.63) is 42.0 Å². The second kappa shape index (κ2) is 7.73. The van der Waals surface area contributed by atoms with Gasteiger partial charge in [0.2, 0.25) is 0 Å². The molecule has 1 N–H and O–H groups in total. The number of hydrogen-bond donors (Lipinski definition) is 1. The van der Waals surface area contributed by atoms with Crippen LogP contribution in [0.25, 0.3) is 0 Å². The summed E-state index contributed by atoms with van der Waals surface area (Å²) in [7, 11) is 0. The number of rotatable bonds is 7. The topological polar surface area (TPSA) is 41.0 Å². The Kier molecular flexibility index (Phi) is 5.69. The highest BCUT2D eigenvalue weighted by atomic mass is 19.1. The van der Waals surface area contributed by atoms with Gasteiger partial charge >= 0.3 is 0 Å². The fourth-order valence-electron chi connectivity index (χ4n) is 2.37. The van der Waals surface area contributed by atoms with Crippen LogP contribution < -0.4 is 10.2 Å². The Morgan fingerprint density at radius 2 is 1.82 bits per heavy atom. The maximum atomic E-state index is 13.3. The van der Waals surface area contributed by atoms with E-state index in [1.807, 2.05) is 19.1 Å². The number of aromatic nitrogens is 2. The first-order chi connectivity index (χ1) is 10.6. The normalized spacial score (nSPS) is 10.5. The predicted molar refractivity (Wildman–Crippen MR) is 89.2 cm³/mol. The van der Waals surface area contributed by atoms with Gasteiger partial charge in [-0.25, -0.2) is 14.4 Å². The van der Waals surface area contributed by atoms with Gasteiger partial charge in [-0.15, -0.1) is 0 Å². The molecule has 0 spiro atoms. The summed E-state index contributed by atoms with van der Waals surface area (Å²) >= 11 is 0. The number of nitrogens with zero attached hydrogens (tertiary/aromatic N) is 3. The zero-order chi connectivity index (χ0) is 15.9. The van der Waals surface area contributed by atoms with Crippen molar-refractivity contribution in [3.63, 3.8) is 0 Å². The van der Waals surface area contributed by atoms with Gasteiger partial charge in [-0.1, -0.05) is 19.9 Å². The van der Waals surface area contributed by atoms with Crippen LogP contribution in [0.1, 0.15) is 32.5 Å². The average molecular weight is 302 g/mol. The van der Waals surface area contributed by atoms with E-state index in [0.717, 1.165) is 31.7 Å². The molecule has 2 aromatic rings. The van der Waals surface area contributed by atoms with E-state index < -0.39 is 0 Å². The van der Waals surface area contributed by atoms with Crippen molar-refractivity contribution in [2.75, 3.05) is 23.3 Å². The molecule has 0 saturated heterocycles. The van der Waals surface area contributed by atoms with Gasteiger partial charge in [0.25, 0.3) is 0 Å². The Hall–Kier alpha value is -2.17. The van der Waals surface area contributed by atoms with Crippen molar-refractivity contribution in [2.24, 2.45) is 0 Å². The standard InChI is InChI=1S/C17H23FN4/c1-4-9-22(10-5-2)17-12-16(19-13(3)20-17)21-15-8-6-7-14(18)11-15/h6-8,11-12H,4-5,9-10H2,1-3H3,(H,19,20,21). The molecule has 1 aromatic heterocycles. The fourth-order valence-corrected chi connectivity index (χ4v) is 2.37. The smallest absolute Gasteiger partial charge is 0.136 e. The van der Waals surface area contributed by atoms with Crippen LogP contribution in [0.5, 0.6) is 0 Å². The third kappa shape index (κ3) is 4.41. The van der Waals surface area contributed by atoms with Gasteiger partial charge < -0.3 is 10.2 Å². The molecular formula is C17H23FN4. The zero-order valence-corrected chi connectivity index (χ0v) is 13.4. The molecule has 4 nitrogen and oxygen atoms in total. The third-order valence-corrected chi connectivity index (χ3v) is 3.23. The molecule has 1 heterocycles. The number of aryl methyl sites for hydroxylation is 1. The molecule has 2 rings (SSSR count). The maximum absolute atomic E-state index is 13.3. The molecule has 22 heavy (non-hydrogen) atoms. The van der Waals surface area contributed by atoms with Crippen molar-refractivity contribution < 1.29 is 4.39 Å². The lowest BCUT2D eigenvalue weighted by Gasteiger charge is -2.23. The van der Waals surface area contributed by atoms with Crippen molar-refractivity contribution in [3.8, 4) is 0 Å². The summed E-state index contributed by atoms with van der Waals surface area (Å²) in [6.45, 7) is 8.11. The molecule has 0 aliphatic heterocycles. The van der Waals surface area contributed by atoms with Crippen LogP contribution in [0.15, 0.2) is 30.3 Å². The second-order valence-corrected chi connectivity index (χ2v) is 5.28. The summed E-state index contributed by atoms with van der Waals surface area (Å²) in [5.41, 5.74) is 0.682. The minimum Gasteiger partial charge on any atom is -0.356 e. The Balaban J connectivity index is 2.25. The van der Waals surface area contributed by atoms with E-state index >= 15 is 0 Å². The predicted octanol–water partition coefficient (Wildman–Crippen LogP) is 4.29. The van der Waals surface area contributed by atoms with Gasteiger partial charge in [0, 0.05) is 24.8 Å². The maximum Gasteiger partial charge on any atom is 0.136 e. The number of anilines is 3. The molecule has 0 aliphatic rings. The van der Waals surface area contributed by atoms with Crippen LogP contribution in [0, 0.1) is 12.7 Å². The molecule has 0 fully saturated rings. The van der Waals surface area contributed by atoms with Crippen molar-refractivity contribution in [1.29, 1.82) is 0 Å². The van der Waals surface area contributed by atoms with Crippen LogP contribution >= 0.6 is 0 Å². The first-order valence-corrected chi connectivity index (χ1v) is 7.75. The quantitative estimate of drug-likeness (QED) is 0.828. The van der Waals surface area contributed by atoms with E-state index in [9.17, 15) is 4.39 Å². The van der Waals surface area contributed by atoms with E-state index in [-0.39, 0.29) is 5.82 Å². The fraction of sp³-hybridized carbons (Fsp3) is 0.412. The van der Waals surface area contributed by atoms with Crippen molar-refractivity contribution in [1.82, 2.24) is 9.97 Å². The lowest BCUT2D eigenvalue weighted by atomic mass is 10.3. The first kappa shape index (κ1) is 16.2. The summed E-state index contributed by atoms with van der Waals surface area (Å²) in [5, 5.41) is 3.15. The molecule has 5 heteroatoms. The molecule has 0 aliphatic carbocycles. The first-order valence-electron chi connectivity index (χ1n) is 7.75. The SMILES string of the molecule is CCCN(CCC)c1cc(Nc2cccc(F)c2)nc(C)n1. The zero-order valence-electron chi connectivity index (χ0n) is 13.4. The van der Waals surface area contributed by atoms with Gasteiger partial charge in [0.15, 0.2) is 0 Å². The minimum atomic E-state index is -0.269. The Labute approximate surface area is 131 Å². The highest BCUT2D eigenvalue weighted by Crippen LogP contribution is 2.20. The Morgan fingerprint density at radius 1 is 1.09 bits per heavy atom. The van der Waals surface area contributed by atoms with Crippen LogP contribution in [0.2, 0.25) is 0 Å². The van der Waals surface area contributed by atoms with Gasteiger partial charge in [-0.05, 0) is 38.0 Å². The molecular weight excluding hydrogens is 279 g/mol. The van der Waals surface area contributed by atoms with E-state index in [0.29, 0.717) is 17.3 Å². The van der Waals surface area contributed by atoms with Crippen molar-refractivity contribution in [2.45, 2.75) is 33.6 Å². The number of halogens is 1. The largest absolute Gasteiger partial charge is 0.356 e. The van der Waals surface area contributed by atoms with E-state index in [2.05, 4.69) is 34.0 Å². The van der Waals surface area contributed by atoms with Crippen LogP contribution in [-0.4, -0.2) is 23.1 Å². The van der Waals surface area contributed by atoms with Gasteiger partial charge in [-0.3, -0.25) is 0 Å². The Bertz CT molecular complexity index is 609. The molecule has 118 valence electrons. The lowest BCUT2D eigenvalue weighted by Crippen LogP contribution is -2.26. The number of benzene rings is 1. The monoisotopic (exact) mass is 302 g/mol. The molecule has 0 atom stereocenters.